The third kappa shape index (κ3) is 4.03. The number of likely N-dealkylation sites (tertiary alicyclic amines) is 1. The van der Waals surface area contributed by atoms with Crippen LogP contribution in [-0.2, 0) is 4.79 Å². The van der Waals surface area contributed by atoms with Gasteiger partial charge in [-0.2, -0.15) is 0 Å². The van der Waals surface area contributed by atoms with Crippen LogP contribution >= 0.6 is 24.0 Å². The number of amides is 1. The normalized spacial score (nSPS) is 22.3. The molecule has 2 heterocycles. The van der Waals surface area contributed by atoms with Crippen LogP contribution < -0.4 is 0 Å². The minimum atomic E-state index is 0.0690. The van der Waals surface area contributed by atoms with E-state index < -0.39 is 0 Å². The Morgan fingerprint density at radius 3 is 2.57 bits per heavy atom. The second-order valence-electron chi connectivity index (χ2n) is 6.45. The van der Waals surface area contributed by atoms with Crippen molar-refractivity contribution >= 4 is 40.3 Å². The van der Waals surface area contributed by atoms with Crippen LogP contribution in [0.5, 0.6) is 0 Å². The molecule has 0 saturated carbocycles. The Kier molecular flexibility index (Phi) is 5.19. The third-order valence-electron chi connectivity index (χ3n) is 4.53. The number of aryl methyl sites for hydroxylation is 1. The van der Waals surface area contributed by atoms with E-state index in [2.05, 4.69) is 31.0 Å². The number of carbonyl (C=O) groups is 1. The molecule has 0 bridgehead atoms. The number of hydrogen-bond donors (Lipinski definition) is 0. The Labute approximate surface area is 147 Å². The van der Waals surface area contributed by atoms with E-state index in [9.17, 15) is 4.79 Å². The molecule has 0 atom stereocenters. The van der Waals surface area contributed by atoms with E-state index >= 15 is 0 Å². The zero-order valence-electron chi connectivity index (χ0n) is 13.6. The molecule has 122 valence electrons. The molecule has 3 rings (SSSR count). The number of benzene rings is 1. The zero-order valence-corrected chi connectivity index (χ0v) is 15.3. The lowest BCUT2D eigenvalue weighted by molar-refractivity contribution is -0.122. The van der Waals surface area contributed by atoms with E-state index in [1.54, 1.807) is 4.90 Å². The first-order chi connectivity index (χ1) is 11.0. The molecule has 0 aromatic heterocycles. The molecule has 23 heavy (non-hydrogen) atoms. The minimum absolute atomic E-state index is 0.0690. The highest BCUT2D eigenvalue weighted by Crippen LogP contribution is 2.34. The molecule has 2 fully saturated rings. The van der Waals surface area contributed by atoms with Crippen molar-refractivity contribution in [2.75, 3.05) is 26.7 Å². The summed E-state index contributed by atoms with van der Waals surface area (Å²) in [6.45, 7) is 5.05. The van der Waals surface area contributed by atoms with Crippen LogP contribution in [0, 0.1) is 12.8 Å². The largest absolute Gasteiger partial charge is 0.306 e. The summed E-state index contributed by atoms with van der Waals surface area (Å²) in [6.07, 6.45) is 4.24. The van der Waals surface area contributed by atoms with Crippen molar-refractivity contribution in [3.63, 3.8) is 0 Å². The van der Waals surface area contributed by atoms with E-state index in [1.165, 1.54) is 17.3 Å². The number of nitrogens with zero attached hydrogens (tertiary/aromatic N) is 2. The van der Waals surface area contributed by atoms with Gasteiger partial charge < -0.3 is 4.90 Å². The van der Waals surface area contributed by atoms with Gasteiger partial charge in [0.05, 0.1) is 4.91 Å². The minimum Gasteiger partial charge on any atom is -0.306 e. The molecular formula is C18H22N2OS2. The van der Waals surface area contributed by atoms with Gasteiger partial charge in [-0.1, -0.05) is 53.8 Å². The fraction of sp³-hybridized carbons (Fsp3) is 0.444. The number of carbonyl (C=O) groups excluding carboxylic acids is 1. The van der Waals surface area contributed by atoms with Crippen molar-refractivity contribution in [2.45, 2.75) is 19.8 Å². The SMILES string of the molecule is Cc1ccc(/C=C2/SC(=S)N(CC3CCN(C)CC3)C2=O)cc1. The highest BCUT2D eigenvalue weighted by atomic mass is 32.2. The van der Waals surface area contributed by atoms with Crippen molar-refractivity contribution in [3.05, 3.63) is 40.3 Å². The highest BCUT2D eigenvalue weighted by molar-refractivity contribution is 8.26. The van der Waals surface area contributed by atoms with Crippen LogP contribution in [0.25, 0.3) is 6.08 Å². The molecule has 1 amide bonds. The second-order valence-corrected chi connectivity index (χ2v) is 8.13. The Bertz CT molecular complexity index is 631. The fourth-order valence-electron chi connectivity index (χ4n) is 2.97. The summed E-state index contributed by atoms with van der Waals surface area (Å²) in [5.41, 5.74) is 2.27. The van der Waals surface area contributed by atoms with Crippen molar-refractivity contribution in [3.8, 4) is 0 Å². The fourth-order valence-corrected chi connectivity index (χ4v) is 4.25. The van der Waals surface area contributed by atoms with E-state index in [-0.39, 0.29) is 5.91 Å². The summed E-state index contributed by atoms with van der Waals surface area (Å²) >= 11 is 6.87. The summed E-state index contributed by atoms with van der Waals surface area (Å²) in [5.74, 6) is 0.631. The van der Waals surface area contributed by atoms with Gasteiger partial charge in [0.15, 0.2) is 0 Å². The van der Waals surface area contributed by atoms with Gasteiger partial charge in [-0.3, -0.25) is 9.69 Å². The number of rotatable bonds is 3. The summed E-state index contributed by atoms with van der Waals surface area (Å²) in [4.78, 5) is 17.6. The van der Waals surface area contributed by atoms with Crippen LogP contribution in [0.4, 0.5) is 0 Å². The van der Waals surface area contributed by atoms with Crippen molar-refractivity contribution in [1.29, 1.82) is 0 Å². The van der Waals surface area contributed by atoms with E-state index in [1.807, 2.05) is 18.2 Å². The molecule has 1 aromatic carbocycles. The van der Waals surface area contributed by atoms with Crippen LogP contribution in [0.3, 0.4) is 0 Å². The predicted molar refractivity (Wildman–Crippen MR) is 101 cm³/mol. The zero-order chi connectivity index (χ0) is 16.4. The van der Waals surface area contributed by atoms with E-state index in [0.717, 1.165) is 42.9 Å². The number of hydrogen-bond acceptors (Lipinski definition) is 4. The van der Waals surface area contributed by atoms with Crippen molar-refractivity contribution in [2.24, 2.45) is 5.92 Å². The van der Waals surface area contributed by atoms with Gasteiger partial charge in [0.25, 0.3) is 5.91 Å². The summed E-state index contributed by atoms with van der Waals surface area (Å²) in [7, 11) is 2.15. The molecule has 0 radical (unpaired) electrons. The first-order valence-electron chi connectivity index (χ1n) is 8.03. The molecule has 1 aromatic rings. The molecular weight excluding hydrogens is 324 g/mol. The maximum Gasteiger partial charge on any atom is 0.266 e. The molecule has 0 unspecified atom stereocenters. The molecule has 0 aliphatic carbocycles. The topological polar surface area (TPSA) is 23.6 Å². The summed E-state index contributed by atoms with van der Waals surface area (Å²) in [6, 6.07) is 8.20. The first-order valence-corrected chi connectivity index (χ1v) is 9.26. The van der Waals surface area contributed by atoms with Crippen LogP contribution in [0.2, 0.25) is 0 Å². The summed E-state index contributed by atoms with van der Waals surface area (Å²) in [5, 5.41) is 0. The summed E-state index contributed by atoms with van der Waals surface area (Å²) < 4.78 is 0.701. The monoisotopic (exact) mass is 346 g/mol. The third-order valence-corrected chi connectivity index (χ3v) is 5.91. The number of thioether (sulfide) groups is 1. The quantitative estimate of drug-likeness (QED) is 0.617. The average Bonchev–Trinajstić information content (AvgIpc) is 2.79. The maximum atomic E-state index is 12.7. The highest BCUT2D eigenvalue weighted by Gasteiger charge is 2.34. The van der Waals surface area contributed by atoms with Gasteiger partial charge in [-0.05, 0) is 57.5 Å². The Balaban J connectivity index is 1.68. The van der Waals surface area contributed by atoms with E-state index in [0.29, 0.717) is 10.2 Å². The van der Waals surface area contributed by atoms with Crippen LogP contribution in [0.15, 0.2) is 29.2 Å². The number of thiocarbonyl (C=S) groups is 1. The van der Waals surface area contributed by atoms with Gasteiger partial charge in [0.1, 0.15) is 4.32 Å². The molecule has 3 nitrogen and oxygen atoms in total. The molecule has 2 aliphatic heterocycles. The van der Waals surface area contributed by atoms with Crippen molar-refractivity contribution < 1.29 is 4.79 Å². The lowest BCUT2D eigenvalue weighted by Crippen LogP contribution is -2.38. The van der Waals surface area contributed by atoms with Gasteiger partial charge >= 0.3 is 0 Å². The lowest BCUT2D eigenvalue weighted by Gasteiger charge is -2.31. The smallest absolute Gasteiger partial charge is 0.266 e. The van der Waals surface area contributed by atoms with Gasteiger partial charge in [0, 0.05) is 6.54 Å². The molecule has 0 spiro atoms. The van der Waals surface area contributed by atoms with Gasteiger partial charge in [-0.25, -0.2) is 0 Å². The second kappa shape index (κ2) is 7.16. The number of piperidine rings is 1. The lowest BCUT2D eigenvalue weighted by atomic mass is 9.96. The van der Waals surface area contributed by atoms with Crippen LogP contribution in [0.1, 0.15) is 24.0 Å². The van der Waals surface area contributed by atoms with Gasteiger partial charge in [0.2, 0.25) is 0 Å². The van der Waals surface area contributed by atoms with E-state index in [4.69, 9.17) is 12.2 Å². The average molecular weight is 347 g/mol. The molecule has 5 heteroatoms. The molecule has 0 N–H and O–H groups in total. The van der Waals surface area contributed by atoms with Crippen molar-refractivity contribution in [1.82, 2.24) is 9.80 Å². The Hall–Kier alpha value is -1.17. The standard InChI is InChI=1S/C18H22N2OS2/c1-13-3-5-14(6-4-13)11-16-17(21)20(18(22)23-16)12-15-7-9-19(2)10-8-15/h3-6,11,15H,7-10,12H2,1-2H3/b16-11+. The molecule has 2 aliphatic rings. The Morgan fingerprint density at radius 1 is 1.26 bits per heavy atom. The maximum absolute atomic E-state index is 12.7. The van der Waals surface area contributed by atoms with Crippen LogP contribution in [-0.4, -0.2) is 46.7 Å². The predicted octanol–water partition coefficient (Wildman–Crippen LogP) is 3.54. The first kappa shape index (κ1) is 16.7. The molecule has 2 saturated heterocycles. The van der Waals surface area contributed by atoms with Gasteiger partial charge in [-0.15, -0.1) is 0 Å². The Morgan fingerprint density at radius 2 is 1.91 bits per heavy atom.